The van der Waals surface area contributed by atoms with Crippen LogP contribution in [0.2, 0.25) is 0 Å². The summed E-state index contributed by atoms with van der Waals surface area (Å²) in [6, 6.07) is 2.80. The van der Waals surface area contributed by atoms with Crippen LogP contribution < -0.4 is 11.1 Å². The predicted octanol–water partition coefficient (Wildman–Crippen LogP) is 2.45. The second kappa shape index (κ2) is 9.59. The molecule has 0 spiro atoms. The quantitative estimate of drug-likeness (QED) is 0.513. The number of rotatable bonds is 10. The number of hydrogen-bond donors (Lipinski definition) is 2. The Kier molecular flexibility index (Phi) is 8.11. The minimum absolute atomic E-state index is 0.0837. The molecule has 21 heavy (non-hydrogen) atoms. The first-order valence-electron chi connectivity index (χ1n) is 6.66. The van der Waals surface area contributed by atoms with E-state index in [1.165, 1.54) is 12.1 Å². The molecule has 118 valence electrons. The third kappa shape index (κ3) is 5.91. The van der Waals surface area contributed by atoms with E-state index in [1.54, 1.807) is 7.11 Å². The van der Waals surface area contributed by atoms with Crippen molar-refractivity contribution in [3.05, 3.63) is 29.3 Å². The number of nitrogens with one attached hydrogen (secondary N) is 1. The molecule has 7 heteroatoms. The molecule has 1 rings (SSSR count). The van der Waals surface area contributed by atoms with Crippen LogP contribution in [0, 0.1) is 11.6 Å². The Morgan fingerprint density at radius 3 is 2.62 bits per heavy atom. The molecule has 0 bridgehead atoms. The fraction of sp³-hybridized carbons (Fsp3) is 0.500. The van der Waals surface area contributed by atoms with Gasteiger partial charge in [-0.05, 0) is 25.0 Å². The van der Waals surface area contributed by atoms with Crippen LogP contribution >= 0.6 is 12.2 Å². The number of anilines is 1. The third-order valence-electron chi connectivity index (χ3n) is 2.81. The van der Waals surface area contributed by atoms with Crippen molar-refractivity contribution in [1.29, 1.82) is 0 Å². The van der Waals surface area contributed by atoms with Gasteiger partial charge in [0.25, 0.3) is 0 Å². The summed E-state index contributed by atoms with van der Waals surface area (Å²) in [4.78, 5) is -0.161. The highest BCUT2D eigenvalue weighted by atomic mass is 32.1. The summed E-state index contributed by atoms with van der Waals surface area (Å²) >= 11 is 4.65. The smallest absolute Gasteiger partial charge is 0.182 e. The average molecular weight is 318 g/mol. The fourth-order valence-corrected chi connectivity index (χ4v) is 1.83. The van der Waals surface area contributed by atoms with Crippen LogP contribution in [-0.2, 0) is 9.47 Å². The second-order valence-electron chi connectivity index (χ2n) is 4.39. The minimum Gasteiger partial charge on any atom is -0.389 e. The highest BCUT2D eigenvalue weighted by molar-refractivity contribution is 7.80. The molecule has 0 amide bonds. The van der Waals surface area contributed by atoms with Gasteiger partial charge < -0.3 is 20.5 Å². The molecule has 0 aliphatic heterocycles. The Hall–Kier alpha value is -1.31. The summed E-state index contributed by atoms with van der Waals surface area (Å²) in [6.07, 6.45) is 1.61. The number of methoxy groups -OCH3 is 1. The molecule has 0 saturated heterocycles. The van der Waals surface area contributed by atoms with E-state index in [2.05, 4.69) is 17.5 Å². The maximum absolute atomic E-state index is 13.7. The number of nitrogens with two attached hydrogens (primary N) is 1. The van der Waals surface area contributed by atoms with Crippen LogP contribution in [0.25, 0.3) is 0 Å². The minimum atomic E-state index is -1.02. The van der Waals surface area contributed by atoms with E-state index in [0.29, 0.717) is 26.4 Å². The lowest BCUT2D eigenvalue weighted by Gasteiger charge is -2.10. The van der Waals surface area contributed by atoms with E-state index in [0.717, 1.165) is 12.8 Å². The van der Waals surface area contributed by atoms with Gasteiger partial charge in [-0.25, -0.2) is 8.78 Å². The molecule has 0 unspecified atom stereocenters. The Morgan fingerprint density at radius 1 is 1.19 bits per heavy atom. The Bertz CT molecular complexity index is 473. The SMILES string of the molecule is COCCOCCCCNc1ccc(C(N)=S)c(F)c1F. The van der Waals surface area contributed by atoms with Gasteiger partial charge in [-0.1, -0.05) is 12.2 Å². The monoisotopic (exact) mass is 318 g/mol. The van der Waals surface area contributed by atoms with Gasteiger partial charge in [0.2, 0.25) is 0 Å². The van der Waals surface area contributed by atoms with Crippen LogP contribution in [-0.4, -0.2) is 38.5 Å². The first kappa shape index (κ1) is 17.7. The van der Waals surface area contributed by atoms with Crippen molar-refractivity contribution in [2.75, 3.05) is 38.8 Å². The third-order valence-corrected chi connectivity index (χ3v) is 3.03. The van der Waals surface area contributed by atoms with Crippen molar-refractivity contribution >= 4 is 22.9 Å². The van der Waals surface area contributed by atoms with Crippen molar-refractivity contribution < 1.29 is 18.3 Å². The molecule has 0 heterocycles. The summed E-state index contributed by atoms with van der Waals surface area (Å²) < 4.78 is 37.5. The van der Waals surface area contributed by atoms with E-state index in [9.17, 15) is 8.78 Å². The zero-order valence-corrected chi connectivity index (χ0v) is 12.8. The van der Waals surface area contributed by atoms with E-state index in [-0.39, 0.29) is 16.2 Å². The summed E-state index contributed by atoms with van der Waals surface area (Å²) in [5.41, 5.74) is 5.33. The number of ether oxygens (including phenoxy) is 2. The molecule has 0 fully saturated rings. The molecule has 0 aromatic heterocycles. The summed E-state index contributed by atoms with van der Waals surface area (Å²) in [6.45, 7) is 2.26. The lowest BCUT2D eigenvalue weighted by molar-refractivity contribution is 0.0691. The van der Waals surface area contributed by atoms with Gasteiger partial charge in [-0.15, -0.1) is 0 Å². The normalized spacial score (nSPS) is 10.6. The van der Waals surface area contributed by atoms with Crippen LogP contribution in [0.5, 0.6) is 0 Å². The van der Waals surface area contributed by atoms with Gasteiger partial charge in [0.1, 0.15) is 4.99 Å². The molecule has 0 atom stereocenters. The van der Waals surface area contributed by atoms with Gasteiger partial charge in [-0.3, -0.25) is 0 Å². The maximum atomic E-state index is 13.7. The number of unbranched alkanes of at least 4 members (excludes halogenated alkanes) is 1. The van der Waals surface area contributed by atoms with Crippen molar-refractivity contribution in [2.45, 2.75) is 12.8 Å². The van der Waals surface area contributed by atoms with E-state index in [4.69, 9.17) is 15.2 Å². The average Bonchev–Trinajstić information content (AvgIpc) is 2.45. The Balaban J connectivity index is 2.33. The van der Waals surface area contributed by atoms with Crippen LogP contribution in [0.1, 0.15) is 18.4 Å². The highest BCUT2D eigenvalue weighted by Gasteiger charge is 2.14. The molecule has 0 aliphatic rings. The number of halogens is 2. The topological polar surface area (TPSA) is 56.5 Å². The molecule has 3 N–H and O–H groups in total. The van der Waals surface area contributed by atoms with E-state index >= 15 is 0 Å². The lowest BCUT2D eigenvalue weighted by atomic mass is 10.1. The van der Waals surface area contributed by atoms with Crippen molar-refractivity contribution in [1.82, 2.24) is 0 Å². The van der Waals surface area contributed by atoms with Gasteiger partial charge in [0.15, 0.2) is 11.6 Å². The van der Waals surface area contributed by atoms with Crippen LogP contribution in [0.15, 0.2) is 12.1 Å². The van der Waals surface area contributed by atoms with Gasteiger partial charge in [-0.2, -0.15) is 0 Å². The first-order chi connectivity index (χ1) is 10.1. The van der Waals surface area contributed by atoms with Crippen molar-refractivity contribution in [3.8, 4) is 0 Å². The van der Waals surface area contributed by atoms with Gasteiger partial charge in [0, 0.05) is 25.8 Å². The zero-order valence-electron chi connectivity index (χ0n) is 12.0. The maximum Gasteiger partial charge on any atom is 0.182 e. The summed E-state index contributed by atoms with van der Waals surface area (Å²) in [5, 5.41) is 2.84. The van der Waals surface area contributed by atoms with Crippen LogP contribution in [0.3, 0.4) is 0 Å². The van der Waals surface area contributed by atoms with E-state index < -0.39 is 11.6 Å². The largest absolute Gasteiger partial charge is 0.389 e. The first-order valence-corrected chi connectivity index (χ1v) is 7.07. The summed E-state index contributed by atoms with van der Waals surface area (Å²) in [5.74, 6) is -1.98. The molecule has 1 aromatic carbocycles. The molecule has 0 saturated carbocycles. The van der Waals surface area contributed by atoms with Crippen molar-refractivity contribution in [3.63, 3.8) is 0 Å². The van der Waals surface area contributed by atoms with Gasteiger partial charge >= 0.3 is 0 Å². The van der Waals surface area contributed by atoms with Gasteiger partial charge in [0.05, 0.1) is 18.9 Å². The highest BCUT2D eigenvalue weighted by Crippen LogP contribution is 2.20. The standard InChI is InChI=1S/C14H20F2N2O2S/c1-19-8-9-20-7-3-2-6-18-11-5-4-10(14(17)21)12(15)13(11)16/h4-5,18H,2-3,6-9H2,1H3,(H2,17,21). The predicted molar refractivity (Wildman–Crippen MR) is 82.7 cm³/mol. The lowest BCUT2D eigenvalue weighted by Crippen LogP contribution is -2.14. The van der Waals surface area contributed by atoms with Crippen LogP contribution in [0.4, 0.5) is 14.5 Å². The van der Waals surface area contributed by atoms with Crippen molar-refractivity contribution in [2.24, 2.45) is 5.73 Å². The number of benzene rings is 1. The molecule has 0 aliphatic carbocycles. The molecule has 0 radical (unpaired) electrons. The summed E-state index contributed by atoms with van der Waals surface area (Å²) in [7, 11) is 1.61. The zero-order chi connectivity index (χ0) is 15.7. The number of thiocarbonyl (C=S) groups is 1. The number of hydrogen-bond acceptors (Lipinski definition) is 4. The fourth-order valence-electron chi connectivity index (χ4n) is 1.67. The Labute approximate surface area is 128 Å². The van der Waals surface area contributed by atoms with E-state index in [1.807, 2.05) is 0 Å². The second-order valence-corrected chi connectivity index (χ2v) is 4.83. The Morgan fingerprint density at radius 2 is 1.95 bits per heavy atom. The molecular formula is C14H20F2N2O2S. The molecular weight excluding hydrogens is 298 g/mol. The molecule has 4 nitrogen and oxygen atoms in total. The molecule has 1 aromatic rings.